The lowest BCUT2D eigenvalue weighted by Gasteiger charge is -2.09. The Bertz CT molecular complexity index is 664. The molecule has 0 aliphatic heterocycles. The Morgan fingerprint density at radius 3 is 2.55 bits per heavy atom. The molecular weight excluding hydrogens is 286 g/mol. The number of hydrogen-bond donors (Lipinski definition) is 2. The first-order valence-electron chi connectivity index (χ1n) is 6.87. The molecule has 1 amide bonds. The summed E-state index contributed by atoms with van der Waals surface area (Å²) in [6, 6.07) is 6.13. The average molecular weight is 303 g/mol. The maximum atomic E-state index is 11.9. The molecule has 22 heavy (non-hydrogen) atoms. The van der Waals surface area contributed by atoms with E-state index in [1.807, 2.05) is 0 Å². The monoisotopic (exact) mass is 303 g/mol. The van der Waals surface area contributed by atoms with E-state index in [0.29, 0.717) is 24.6 Å². The Hall–Kier alpha value is -2.70. The normalized spacial score (nSPS) is 11.9. The van der Waals surface area contributed by atoms with Gasteiger partial charge in [-0.1, -0.05) is 17.3 Å². The van der Waals surface area contributed by atoms with Crippen molar-refractivity contribution in [3.8, 4) is 0 Å². The first-order valence-corrected chi connectivity index (χ1v) is 6.87. The zero-order chi connectivity index (χ0) is 16.1. The summed E-state index contributed by atoms with van der Waals surface area (Å²) in [5.74, 6) is -0.204. The quantitative estimate of drug-likeness (QED) is 0.844. The fourth-order valence-electron chi connectivity index (χ4n) is 1.94. The number of aryl methyl sites for hydroxylation is 2. The Balaban J connectivity index is 1.83. The van der Waals surface area contributed by atoms with Crippen LogP contribution in [0.1, 0.15) is 47.0 Å². The second-order valence-electron chi connectivity index (χ2n) is 4.97. The van der Waals surface area contributed by atoms with Gasteiger partial charge in [0.05, 0.1) is 5.56 Å². The molecule has 7 heteroatoms. The van der Waals surface area contributed by atoms with Crippen molar-refractivity contribution in [3.63, 3.8) is 0 Å². The van der Waals surface area contributed by atoms with Crippen molar-refractivity contribution in [2.75, 3.05) is 0 Å². The first-order chi connectivity index (χ1) is 10.5. The maximum absolute atomic E-state index is 11.9. The highest BCUT2D eigenvalue weighted by atomic mass is 16.5. The summed E-state index contributed by atoms with van der Waals surface area (Å²) < 4.78 is 4.99. The number of carboxylic acid groups (broad SMARTS) is 1. The molecule has 1 aromatic heterocycles. The van der Waals surface area contributed by atoms with Crippen molar-refractivity contribution >= 4 is 11.9 Å². The van der Waals surface area contributed by atoms with Crippen molar-refractivity contribution < 1.29 is 19.2 Å². The van der Waals surface area contributed by atoms with E-state index in [1.165, 1.54) is 12.1 Å². The first kappa shape index (κ1) is 15.7. The van der Waals surface area contributed by atoms with Crippen molar-refractivity contribution in [3.05, 3.63) is 47.1 Å². The van der Waals surface area contributed by atoms with Crippen LogP contribution in [0.2, 0.25) is 0 Å². The minimum Gasteiger partial charge on any atom is -0.478 e. The minimum atomic E-state index is -0.965. The van der Waals surface area contributed by atoms with Crippen LogP contribution in [-0.2, 0) is 11.2 Å². The number of rotatable bonds is 6. The summed E-state index contributed by atoms with van der Waals surface area (Å²) in [7, 11) is 0. The van der Waals surface area contributed by atoms with Gasteiger partial charge in [-0.15, -0.1) is 0 Å². The van der Waals surface area contributed by atoms with Crippen LogP contribution < -0.4 is 5.32 Å². The Morgan fingerprint density at radius 2 is 2.00 bits per heavy atom. The van der Waals surface area contributed by atoms with Crippen LogP contribution in [0, 0.1) is 6.92 Å². The average Bonchev–Trinajstić information content (AvgIpc) is 2.92. The molecule has 7 nitrogen and oxygen atoms in total. The summed E-state index contributed by atoms with van der Waals surface area (Å²) in [6.07, 6.45) is 0.825. The van der Waals surface area contributed by atoms with Gasteiger partial charge in [0.25, 0.3) is 0 Å². The molecule has 0 bridgehead atoms. The number of hydrogen-bond acceptors (Lipinski definition) is 5. The second kappa shape index (κ2) is 6.84. The largest absolute Gasteiger partial charge is 0.478 e. The molecule has 1 unspecified atom stereocenters. The van der Waals surface area contributed by atoms with E-state index < -0.39 is 5.97 Å². The number of carbonyl (C=O) groups excluding carboxylic acids is 1. The lowest BCUT2D eigenvalue weighted by Crippen LogP contribution is -2.27. The number of nitrogens with zero attached hydrogens (tertiary/aromatic N) is 2. The molecule has 0 radical (unpaired) electrons. The fourth-order valence-corrected chi connectivity index (χ4v) is 1.94. The van der Waals surface area contributed by atoms with Crippen molar-refractivity contribution in [1.82, 2.24) is 15.5 Å². The van der Waals surface area contributed by atoms with E-state index in [1.54, 1.807) is 26.0 Å². The van der Waals surface area contributed by atoms with E-state index in [2.05, 4.69) is 15.5 Å². The summed E-state index contributed by atoms with van der Waals surface area (Å²) >= 11 is 0. The van der Waals surface area contributed by atoms with E-state index in [4.69, 9.17) is 9.63 Å². The summed E-state index contributed by atoms with van der Waals surface area (Å²) in [5.41, 5.74) is 1.13. The van der Waals surface area contributed by atoms with Crippen molar-refractivity contribution in [2.45, 2.75) is 32.7 Å². The second-order valence-corrected chi connectivity index (χ2v) is 4.97. The Labute approximate surface area is 127 Å². The molecule has 116 valence electrons. The molecule has 0 saturated carbocycles. The van der Waals surface area contributed by atoms with E-state index in [-0.39, 0.29) is 17.5 Å². The third kappa shape index (κ3) is 4.15. The molecule has 1 aromatic carbocycles. The van der Waals surface area contributed by atoms with Crippen LogP contribution in [0.3, 0.4) is 0 Å². The van der Waals surface area contributed by atoms with Crippen molar-refractivity contribution in [2.24, 2.45) is 0 Å². The highest BCUT2D eigenvalue weighted by Gasteiger charge is 2.15. The summed E-state index contributed by atoms with van der Waals surface area (Å²) in [5, 5.41) is 15.3. The van der Waals surface area contributed by atoms with E-state index >= 15 is 0 Å². The smallest absolute Gasteiger partial charge is 0.335 e. The number of aromatic carboxylic acids is 1. The molecule has 0 aliphatic rings. The zero-order valence-corrected chi connectivity index (χ0v) is 12.4. The molecular formula is C15H17N3O4. The van der Waals surface area contributed by atoms with Gasteiger partial charge in [0.15, 0.2) is 5.82 Å². The van der Waals surface area contributed by atoms with Crippen LogP contribution >= 0.6 is 0 Å². The molecule has 0 saturated heterocycles. The SMILES string of the molecule is Cc1noc(C(C)NC(=O)CCc2ccc(C(=O)O)cc2)n1. The van der Waals surface area contributed by atoms with Crippen LogP contribution in [0.25, 0.3) is 0 Å². The predicted octanol–water partition coefficient (Wildman–Crippen LogP) is 1.89. The topological polar surface area (TPSA) is 105 Å². The molecule has 2 rings (SSSR count). The highest BCUT2D eigenvalue weighted by Crippen LogP contribution is 2.11. The lowest BCUT2D eigenvalue weighted by atomic mass is 10.1. The molecule has 2 aromatic rings. The van der Waals surface area contributed by atoms with Crippen LogP contribution in [-0.4, -0.2) is 27.1 Å². The van der Waals surface area contributed by atoms with Crippen LogP contribution in [0.15, 0.2) is 28.8 Å². The van der Waals surface area contributed by atoms with Crippen LogP contribution in [0.5, 0.6) is 0 Å². The number of benzene rings is 1. The Kier molecular flexibility index (Phi) is 4.88. The third-order valence-corrected chi connectivity index (χ3v) is 3.13. The van der Waals surface area contributed by atoms with Gasteiger partial charge in [-0.05, 0) is 38.0 Å². The van der Waals surface area contributed by atoms with Gasteiger partial charge < -0.3 is 14.9 Å². The number of nitrogens with one attached hydrogen (secondary N) is 1. The number of aromatic nitrogens is 2. The predicted molar refractivity (Wildman–Crippen MR) is 77.3 cm³/mol. The van der Waals surface area contributed by atoms with E-state index in [9.17, 15) is 9.59 Å². The molecule has 0 spiro atoms. The molecule has 0 aliphatic carbocycles. The molecule has 1 heterocycles. The zero-order valence-electron chi connectivity index (χ0n) is 12.4. The lowest BCUT2D eigenvalue weighted by molar-refractivity contribution is -0.121. The van der Waals surface area contributed by atoms with Gasteiger partial charge in [-0.2, -0.15) is 4.98 Å². The fraction of sp³-hybridized carbons (Fsp3) is 0.333. The van der Waals surface area contributed by atoms with Gasteiger partial charge in [-0.3, -0.25) is 4.79 Å². The number of carbonyl (C=O) groups is 2. The van der Waals surface area contributed by atoms with Crippen LogP contribution in [0.4, 0.5) is 0 Å². The van der Waals surface area contributed by atoms with Gasteiger partial charge in [-0.25, -0.2) is 4.79 Å². The third-order valence-electron chi connectivity index (χ3n) is 3.13. The minimum absolute atomic E-state index is 0.134. The van der Waals surface area contributed by atoms with Gasteiger partial charge in [0.1, 0.15) is 6.04 Å². The Morgan fingerprint density at radius 1 is 1.32 bits per heavy atom. The van der Waals surface area contributed by atoms with Gasteiger partial charge in [0.2, 0.25) is 11.8 Å². The van der Waals surface area contributed by atoms with Crippen molar-refractivity contribution in [1.29, 1.82) is 0 Å². The molecule has 2 N–H and O–H groups in total. The maximum Gasteiger partial charge on any atom is 0.335 e. The van der Waals surface area contributed by atoms with Gasteiger partial charge in [0, 0.05) is 6.42 Å². The van der Waals surface area contributed by atoms with E-state index in [0.717, 1.165) is 5.56 Å². The number of carboxylic acids is 1. The van der Waals surface area contributed by atoms with Gasteiger partial charge >= 0.3 is 5.97 Å². The number of amides is 1. The summed E-state index contributed by atoms with van der Waals surface area (Å²) in [4.78, 5) is 26.7. The molecule has 0 fully saturated rings. The molecule has 1 atom stereocenters. The standard InChI is InChI=1S/C15H17N3O4/c1-9(14-17-10(2)18-22-14)16-13(19)8-5-11-3-6-12(7-4-11)15(20)21/h3-4,6-7,9H,5,8H2,1-2H3,(H,16,19)(H,20,21). The highest BCUT2D eigenvalue weighted by molar-refractivity contribution is 5.87. The summed E-state index contributed by atoms with van der Waals surface area (Å²) in [6.45, 7) is 3.48.